The third kappa shape index (κ3) is 2.71. The van der Waals surface area contributed by atoms with Gasteiger partial charge in [-0.05, 0) is 11.3 Å². The molecule has 80 valence electrons. The lowest BCUT2D eigenvalue weighted by Gasteiger charge is -1.97. The highest BCUT2D eigenvalue weighted by Gasteiger charge is 2.18. The molecule has 15 heavy (non-hydrogen) atoms. The van der Waals surface area contributed by atoms with Gasteiger partial charge in [0, 0.05) is 0 Å². The zero-order valence-electron chi connectivity index (χ0n) is 7.42. The molecule has 1 heterocycles. The molecule has 1 amide bonds. The number of nitrogens with one attached hydrogen (secondary N) is 1. The molecule has 0 aromatic carbocycles. The molecule has 0 radical (unpaired) electrons. The molecule has 0 aliphatic carbocycles. The number of carbonyl (C=O) groups is 2. The summed E-state index contributed by atoms with van der Waals surface area (Å²) in [5, 5.41) is 12.1. The molecule has 0 unspecified atom stereocenters. The van der Waals surface area contributed by atoms with E-state index in [1.165, 1.54) is 0 Å². The van der Waals surface area contributed by atoms with Gasteiger partial charge in [-0.25, -0.2) is 9.78 Å². The SMILES string of the molecule is COC(=O)C(=O)Nc1ncc([N+](=O)[O-])s1. The van der Waals surface area contributed by atoms with Crippen LogP contribution in [0.15, 0.2) is 6.20 Å². The van der Waals surface area contributed by atoms with Crippen molar-refractivity contribution in [3.63, 3.8) is 0 Å². The summed E-state index contributed by atoms with van der Waals surface area (Å²) in [7, 11) is 1.05. The number of methoxy groups -OCH3 is 1. The Labute approximate surface area is 87.0 Å². The molecule has 1 aromatic heterocycles. The smallest absolute Gasteiger partial charge is 0.396 e. The number of nitro groups is 1. The molecule has 0 aliphatic rings. The largest absolute Gasteiger partial charge is 0.462 e. The standard InChI is InChI=1S/C6H5N3O5S/c1-14-5(11)4(10)8-6-7-2-3(15-6)9(12)13/h2H,1H3,(H,7,8,10). The average molecular weight is 231 g/mol. The quantitative estimate of drug-likeness (QED) is 0.336. The van der Waals surface area contributed by atoms with E-state index in [2.05, 4.69) is 15.0 Å². The number of carbonyl (C=O) groups excluding carboxylic acids is 2. The molecule has 0 saturated carbocycles. The molecule has 0 aliphatic heterocycles. The molecular weight excluding hydrogens is 226 g/mol. The van der Waals surface area contributed by atoms with Crippen molar-refractivity contribution < 1.29 is 19.2 Å². The van der Waals surface area contributed by atoms with Crippen LogP contribution in [0, 0.1) is 10.1 Å². The van der Waals surface area contributed by atoms with Gasteiger partial charge in [-0.1, -0.05) is 0 Å². The van der Waals surface area contributed by atoms with Crippen molar-refractivity contribution in [3.05, 3.63) is 16.3 Å². The van der Waals surface area contributed by atoms with Crippen molar-refractivity contribution in [1.82, 2.24) is 4.98 Å². The van der Waals surface area contributed by atoms with Crippen molar-refractivity contribution in [3.8, 4) is 0 Å². The maximum absolute atomic E-state index is 10.9. The van der Waals surface area contributed by atoms with Gasteiger partial charge in [0.1, 0.15) is 6.20 Å². The van der Waals surface area contributed by atoms with Crippen LogP contribution in [0.4, 0.5) is 10.1 Å². The number of rotatable bonds is 2. The fourth-order valence-electron chi connectivity index (χ4n) is 0.649. The van der Waals surface area contributed by atoms with Crippen LogP contribution in [0.5, 0.6) is 0 Å². The normalized spacial score (nSPS) is 9.40. The van der Waals surface area contributed by atoms with E-state index >= 15 is 0 Å². The zero-order chi connectivity index (χ0) is 11.4. The predicted molar refractivity (Wildman–Crippen MR) is 49.4 cm³/mol. The van der Waals surface area contributed by atoms with E-state index in [1.54, 1.807) is 0 Å². The van der Waals surface area contributed by atoms with Gasteiger partial charge in [-0.3, -0.25) is 20.2 Å². The summed E-state index contributed by atoms with van der Waals surface area (Å²) in [6.07, 6.45) is 0.984. The Hall–Kier alpha value is -2.03. The van der Waals surface area contributed by atoms with Crippen molar-refractivity contribution >= 4 is 33.3 Å². The van der Waals surface area contributed by atoms with E-state index in [9.17, 15) is 19.7 Å². The van der Waals surface area contributed by atoms with Gasteiger partial charge in [0.2, 0.25) is 0 Å². The number of nitrogens with zero attached hydrogens (tertiary/aromatic N) is 2. The van der Waals surface area contributed by atoms with Gasteiger partial charge in [-0.2, -0.15) is 0 Å². The highest BCUT2D eigenvalue weighted by atomic mass is 32.1. The molecule has 8 nitrogen and oxygen atoms in total. The zero-order valence-corrected chi connectivity index (χ0v) is 8.24. The summed E-state index contributed by atoms with van der Waals surface area (Å²) in [5.74, 6) is -2.12. The number of anilines is 1. The van der Waals surface area contributed by atoms with Gasteiger partial charge >= 0.3 is 16.9 Å². The molecular formula is C6H5N3O5S. The minimum absolute atomic E-state index is 0.0305. The summed E-state index contributed by atoms with van der Waals surface area (Å²) in [5.41, 5.74) is 0. The van der Waals surface area contributed by atoms with Crippen LogP contribution >= 0.6 is 11.3 Å². The van der Waals surface area contributed by atoms with Crippen LogP contribution in [0.25, 0.3) is 0 Å². The summed E-state index contributed by atoms with van der Waals surface area (Å²) in [4.78, 5) is 34.7. The number of esters is 1. The number of hydrogen-bond acceptors (Lipinski definition) is 7. The third-order valence-corrected chi connectivity index (χ3v) is 2.13. The first-order valence-corrected chi connectivity index (χ1v) is 4.35. The van der Waals surface area contributed by atoms with Crippen LogP contribution in [0.3, 0.4) is 0 Å². The topological polar surface area (TPSA) is 111 Å². The molecule has 0 bridgehead atoms. The highest BCUT2D eigenvalue weighted by molar-refractivity contribution is 7.18. The van der Waals surface area contributed by atoms with E-state index in [4.69, 9.17) is 0 Å². The van der Waals surface area contributed by atoms with Crippen molar-refractivity contribution in [1.29, 1.82) is 0 Å². The predicted octanol–water partition coefficient (Wildman–Crippen LogP) is 0.163. The Balaban J connectivity index is 2.69. The van der Waals surface area contributed by atoms with Gasteiger partial charge in [0.05, 0.1) is 12.0 Å². The van der Waals surface area contributed by atoms with Gasteiger partial charge in [0.15, 0.2) is 5.13 Å². The summed E-state index contributed by atoms with van der Waals surface area (Å²) in [6.45, 7) is 0. The molecule has 1 rings (SSSR count). The number of ether oxygens (including phenoxy) is 1. The van der Waals surface area contributed by atoms with Crippen molar-refractivity contribution in [2.45, 2.75) is 0 Å². The third-order valence-electron chi connectivity index (χ3n) is 1.26. The fourth-order valence-corrected chi connectivity index (χ4v) is 1.28. The number of thiazole rings is 1. The van der Waals surface area contributed by atoms with Gasteiger partial charge in [0.25, 0.3) is 0 Å². The van der Waals surface area contributed by atoms with Crippen LogP contribution < -0.4 is 5.32 Å². The maximum Gasteiger partial charge on any atom is 0.396 e. The summed E-state index contributed by atoms with van der Waals surface area (Å²) in [6, 6.07) is 0. The Bertz CT molecular complexity index is 415. The second-order valence-electron chi connectivity index (χ2n) is 2.21. The maximum atomic E-state index is 10.9. The Morgan fingerprint density at radius 1 is 1.67 bits per heavy atom. The number of aromatic nitrogens is 1. The molecule has 0 fully saturated rings. The first kappa shape index (κ1) is 11.0. The van der Waals surface area contributed by atoms with E-state index in [-0.39, 0.29) is 10.1 Å². The molecule has 0 saturated heterocycles. The van der Waals surface area contributed by atoms with Gasteiger partial charge < -0.3 is 4.74 Å². The van der Waals surface area contributed by atoms with Crippen molar-refractivity contribution in [2.24, 2.45) is 0 Å². The fraction of sp³-hybridized carbons (Fsp3) is 0.167. The number of amides is 1. The van der Waals surface area contributed by atoms with E-state index in [0.717, 1.165) is 13.3 Å². The molecule has 1 aromatic rings. The van der Waals surface area contributed by atoms with Crippen LogP contribution in [-0.4, -0.2) is 28.9 Å². The van der Waals surface area contributed by atoms with E-state index < -0.39 is 16.8 Å². The minimum Gasteiger partial charge on any atom is -0.462 e. The lowest BCUT2D eigenvalue weighted by Crippen LogP contribution is -2.23. The first-order chi connectivity index (χ1) is 7.04. The molecule has 9 heteroatoms. The van der Waals surface area contributed by atoms with Crippen molar-refractivity contribution in [2.75, 3.05) is 12.4 Å². The Morgan fingerprint density at radius 2 is 2.33 bits per heavy atom. The van der Waals surface area contributed by atoms with Gasteiger partial charge in [-0.15, -0.1) is 0 Å². The van der Waals surface area contributed by atoms with E-state index in [1.807, 2.05) is 0 Å². The average Bonchev–Trinajstić information content (AvgIpc) is 2.65. The molecule has 0 spiro atoms. The number of hydrogen-bond donors (Lipinski definition) is 1. The summed E-state index contributed by atoms with van der Waals surface area (Å²) >= 11 is 0.647. The monoisotopic (exact) mass is 231 g/mol. The summed E-state index contributed by atoms with van der Waals surface area (Å²) < 4.78 is 4.13. The Morgan fingerprint density at radius 3 is 2.80 bits per heavy atom. The van der Waals surface area contributed by atoms with Crippen LogP contribution in [-0.2, 0) is 14.3 Å². The molecule has 1 N–H and O–H groups in total. The lowest BCUT2D eigenvalue weighted by molar-refractivity contribution is -0.380. The lowest BCUT2D eigenvalue weighted by atomic mass is 10.6. The highest BCUT2D eigenvalue weighted by Crippen LogP contribution is 2.24. The van der Waals surface area contributed by atoms with Crippen LogP contribution in [0.2, 0.25) is 0 Å². The minimum atomic E-state index is -1.09. The van der Waals surface area contributed by atoms with E-state index in [0.29, 0.717) is 11.3 Å². The second kappa shape index (κ2) is 4.46. The van der Waals surface area contributed by atoms with Crippen LogP contribution in [0.1, 0.15) is 0 Å². The first-order valence-electron chi connectivity index (χ1n) is 3.54. The molecule has 0 atom stereocenters. The Kier molecular flexibility index (Phi) is 3.29. The second-order valence-corrected chi connectivity index (χ2v) is 3.22.